The number of ether oxygens (including phenoxy) is 1. The average Bonchev–Trinajstić information content (AvgIpc) is 2.52. The second-order valence-electron chi connectivity index (χ2n) is 2.51. The zero-order chi connectivity index (χ0) is 10.6. The molecule has 0 aliphatic rings. The molecule has 1 unspecified atom stereocenters. The van der Waals surface area contributed by atoms with Gasteiger partial charge in [0.05, 0.1) is 6.61 Å². The molecule has 1 atom stereocenters. The smallest absolute Gasteiger partial charge is 0.351 e. The number of aryl methyl sites for hydroxylation is 1. The molecule has 4 nitrogen and oxygen atoms in total. The van der Waals surface area contributed by atoms with Gasteiger partial charge in [0.2, 0.25) is 5.50 Å². The van der Waals surface area contributed by atoms with E-state index in [9.17, 15) is 9.18 Å². The lowest BCUT2D eigenvalue weighted by Gasteiger charge is -2.06. The minimum absolute atomic E-state index is 0.181. The first-order valence-electron chi connectivity index (χ1n) is 4.09. The van der Waals surface area contributed by atoms with Crippen LogP contribution in [0, 0.1) is 0 Å². The third kappa shape index (κ3) is 2.73. The van der Waals surface area contributed by atoms with Gasteiger partial charge in [-0.05, 0) is 18.7 Å². The van der Waals surface area contributed by atoms with Crippen LogP contribution in [0.1, 0.15) is 6.92 Å². The summed E-state index contributed by atoms with van der Waals surface area (Å²) < 4.78 is 19.3. The maximum atomic E-state index is 13.2. The third-order valence-electron chi connectivity index (χ3n) is 1.46. The van der Waals surface area contributed by atoms with Gasteiger partial charge in [-0.25, -0.2) is 14.2 Å². The Morgan fingerprint density at radius 2 is 2.57 bits per heavy atom. The molecule has 1 rings (SSSR count). The average molecular weight is 218 g/mol. The SMILES string of the molecule is CCOC(=O)C(F)Sc1nccn1C. The Labute approximate surface area is 85.5 Å². The van der Waals surface area contributed by atoms with Crippen LogP contribution in [0.2, 0.25) is 0 Å². The largest absolute Gasteiger partial charge is 0.463 e. The fourth-order valence-corrected chi connectivity index (χ4v) is 1.51. The summed E-state index contributed by atoms with van der Waals surface area (Å²) >= 11 is 0.736. The summed E-state index contributed by atoms with van der Waals surface area (Å²) in [5.41, 5.74) is -1.71. The van der Waals surface area contributed by atoms with E-state index >= 15 is 0 Å². The van der Waals surface area contributed by atoms with Crippen molar-refractivity contribution in [3.63, 3.8) is 0 Å². The predicted molar refractivity (Wildman–Crippen MR) is 50.6 cm³/mol. The lowest BCUT2D eigenvalue weighted by molar-refractivity contribution is -0.145. The molecule has 0 spiro atoms. The number of alkyl halides is 1. The van der Waals surface area contributed by atoms with E-state index in [4.69, 9.17) is 0 Å². The quantitative estimate of drug-likeness (QED) is 0.565. The van der Waals surface area contributed by atoms with E-state index in [2.05, 4.69) is 9.72 Å². The topological polar surface area (TPSA) is 44.1 Å². The number of imidazole rings is 1. The summed E-state index contributed by atoms with van der Waals surface area (Å²) in [5.74, 6) is -0.861. The Hall–Kier alpha value is -1.04. The highest BCUT2D eigenvalue weighted by molar-refractivity contribution is 8.00. The first-order chi connectivity index (χ1) is 6.65. The molecule has 0 saturated carbocycles. The van der Waals surface area contributed by atoms with Gasteiger partial charge < -0.3 is 9.30 Å². The van der Waals surface area contributed by atoms with Crippen LogP contribution in [-0.4, -0.2) is 27.6 Å². The Balaban J connectivity index is 2.52. The lowest BCUT2D eigenvalue weighted by Crippen LogP contribution is -2.16. The van der Waals surface area contributed by atoms with Gasteiger partial charge in [-0.2, -0.15) is 0 Å². The van der Waals surface area contributed by atoms with E-state index in [-0.39, 0.29) is 6.61 Å². The van der Waals surface area contributed by atoms with Crippen molar-refractivity contribution in [1.82, 2.24) is 9.55 Å². The van der Waals surface area contributed by atoms with Crippen LogP contribution in [0.4, 0.5) is 4.39 Å². The molecule has 0 aliphatic heterocycles. The lowest BCUT2D eigenvalue weighted by atomic mass is 10.7. The number of hydrogen-bond acceptors (Lipinski definition) is 4. The number of rotatable bonds is 4. The van der Waals surface area contributed by atoms with Gasteiger partial charge >= 0.3 is 5.97 Å². The fraction of sp³-hybridized carbons (Fsp3) is 0.500. The molecule has 0 aliphatic carbocycles. The van der Waals surface area contributed by atoms with Crippen molar-refractivity contribution in [2.75, 3.05) is 6.61 Å². The van der Waals surface area contributed by atoms with Crippen molar-refractivity contribution in [3.05, 3.63) is 12.4 Å². The number of aromatic nitrogens is 2. The highest BCUT2D eigenvalue weighted by atomic mass is 32.2. The molecule has 0 radical (unpaired) electrons. The number of carbonyl (C=O) groups is 1. The van der Waals surface area contributed by atoms with Crippen LogP contribution in [0.25, 0.3) is 0 Å². The van der Waals surface area contributed by atoms with Crippen molar-refractivity contribution in [2.24, 2.45) is 7.05 Å². The summed E-state index contributed by atoms with van der Waals surface area (Å²) in [7, 11) is 1.73. The van der Waals surface area contributed by atoms with Gasteiger partial charge in [0.15, 0.2) is 5.16 Å². The van der Waals surface area contributed by atoms with Crippen LogP contribution in [0.3, 0.4) is 0 Å². The zero-order valence-electron chi connectivity index (χ0n) is 7.94. The fourth-order valence-electron chi connectivity index (χ4n) is 0.814. The first-order valence-corrected chi connectivity index (χ1v) is 4.97. The molecule has 0 saturated heterocycles. The minimum Gasteiger partial charge on any atom is -0.463 e. The van der Waals surface area contributed by atoms with Gasteiger partial charge in [0, 0.05) is 19.4 Å². The van der Waals surface area contributed by atoms with Crippen molar-refractivity contribution in [1.29, 1.82) is 0 Å². The van der Waals surface area contributed by atoms with E-state index in [1.807, 2.05) is 0 Å². The molecule has 0 N–H and O–H groups in total. The van der Waals surface area contributed by atoms with E-state index in [1.165, 1.54) is 0 Å². The molecule has 0 fully saturated rings. The maximum Gasteiger partial charge on any atom is 0.351 e. The molecular formula is C8H11FN2O2S. The molecule has 1 heterocycles. The highest BCUT2D eigenvalue weighted by Gasteiger charge is 2.21. The molecule has 0 amide bonds. The molecule has 0 bridgehead atoms. The van der Waals surface area contributed by atoms with Crippen LogP contribution >= 0.6 is 11.8 Å². The van der Waals surface area contributed by atoms with Gasteiger partial charge in [0.1, 0.15) is 0 Å². The first kappa shape index (κ1) is 11.0. The second-order valence-corrected chi connectivity index (χ2v) is 3.52. The molecule has 6 heteroatoms. The van der Waals surface area contributed by atoms with Gasteiger partial charge in [-0.15, -0.1) is 0 Å². The summed E-state index contributed by atoms with van der Waals surface area (Å²) in [6.07, 6.45) is 3.22. The van der Waals surface area contributed by atoms with Gasteiger partial charge in [0.25, 0.3) is 0 Å². The van der Waals surface area contributed by atoms with Crippen LogP contribution in [0.15, 0.2) is 17.6 Å². The molecule has 78 valence electrons. The van der Waals surface area contributed by atoms with Crippen LogP contribution in [-0.2, 0) is 16.6 Å². The Morgan fingerprint density at radius 1 is 1.86 bits per heavy atom. The molecule has 0 aromatic carbocycles. The summed E-state index contributed by atoms with van der Waals surface area (Å²) in [5, 5.41) is 0.450. The number of esters is 1. The van der Waals surface area contributed by atoms with E-state index < -0.39 is 11.5 Å². The second kappa shape index (κ2) is 4.99. The van der Waals surface area contributed by atoms with E-state index in [0.29, 0.717) is 5.16 Å². The van der Waals surface area contributed by atoms with Crippen molar-refractivity contribution in [3.8, 4) is 0 Å². The standard InChI is InChI=1S/C8H11FN2O2S/c1-3-13-7(12)6(9)14-8-10-4-5-11(8)2/h4-6H,3H2,1-2H3. The maximum absolute atomic E-state index is 13.2. The molecule has 14 heavy (non-hydrogen) atoms. The molecule has 1 aromatic rings. The molecule has 1 aromatic heterocycles. The number of nitrogens with zero attached hydrogens (tertiary/aromatic N) is 2. The number of hydrogen-bond donors (Lipinski definition) is 0. The number of halogens is 1. The third-order valence-corrected chi connectivity index (χ3v) is 2.46. The number of thioether (sulfide) groups is 1. The molecular weight excluding hydrogens is 207 g/mol. The predicted octanol–water partition coefficient (Wildman–Crippen LogP) is 1.37. The zero-order valence-corrected chi connectivity index (χ0v) is 8.75. The van der Waals surface area contributed by atoms with Crippen LogP contribution < -0.4 is 0 Å². The summed E-state index contributed by atoms with van der Waals surface area (Å²) in [6, 6.07) is 0. The number of carbonyl (C=O) groups excluding carboxylic acids is 1. The van der Waals surface area contributed by atoms with E-state index in [1.54, 1.807) is 30.9 Å². The normalized spacial score (nSPS) is 12.5. The minimum atomic E-state index is -1.71. The van der Waals surface area contributed by atoms with Gasteiger partial charge in [-0.1, -0.05) is 0 Å². The summed E-state index contributed by atoms with van der Waals surface area (Å²) in [6.45, 7) is 1.82. The van der Waals surface area contributed by atoms with Crippen molar-refractivity contribution >= 4 is 17.7 Å². The Bertz CT molecular complexity index is 316. The summed E-state index contributed by atoms with van der Waals surface area (Å²) in [4.78, 5) is 14.8. The monoisotopic (exact) mass is 218 g/mol. The Morgan fingerprint density at radius 3 is 3.07 bits per heavy atom. The van der Waals surface area contributed by atoms with Crippen molar-refractivity contribution < 1.29 is 13.9 Å². The van der Waals surface area contributed by atoms with Gasteiger partial charge in [-0.3, -0.25) is 0 Å². The van der Waals surface area contributed by atoms with Crippen LogP contribution in [0.5, 0.6) is 0 Å². The highest BCUT2D eigenvalue weighted by Crippen LogP contribution is 2.22. The Kier molecular flexibility index (Phi) is 3.94. The van der Waals surface area contributed by atoms with Crippen molar-refractivity contribution in [2.45, 2.75) is 17.6 Å². The van der Waals surface area contributed by atoms with E-state index in [0.717, 1.165) is 11.8 Å².